The van der Waals surface area contributed by atoms with Crippen molar-refractivity contribution in [1.29, 1.82) is 0 Å². The Balaban J connectivity index is 2.33. The number of H-pyrrole nitrogens is 1. The van der Waals surface area contributed by atoms with Crippen molar-refractivity contribution in [2.45, 2.75) is 20.3 Å². The maximum atomic E-state index is 11.5. The number of rotatable bonds is 3. The van der Waals surface area contributed by atoms with Crippen LogP contribution in [0.4, 0.5) is 0 Å². The zero-order valence-corrected chi connectivity index (χ0v) is 11.8. The Morgan fingerprint density at radius 3 is 2.74 bits per heavy atom. The van der Waals surface area contributed by atoms with Crippen LogP contribution in [0.2, 0.25) is 0 Å². The minimum absolute atomic E-state index is 0.771. The highest BCUT2D eigenvalue weighted by Gasteiger charge is 2.15. The molecule has 2 nitrogen and oxygen atoms in total. The van der Waals surface area contributed by atoms with Crippen molar-refractivity contribution in [3.05, 3.63) is 46.3 Å². The molecule has 1 aromatic carbocycles. The Hall–Kier alpha value is -1.87. The van der Waals surface area contributed by atoms with E-state index in [2.05, 4.69) is 37.0 Å². The lowest BCUT2D eigenvalue weighted by molar-refractivity contribution is 0.112. The van der Waals surface area contributed by atoms with Crippen molar-refractivity contribution in [1.82, 2.24) is 4.98 Å². The molecule has 96 valence electrons. The van der Waals surface area contributed by atoms with Crippen LogP contribution in [0.15, 0.2) is 30.3 Å². The van der Waals surface area contributed by atoms with Gasteiger partial charge in [0.25, 0.3) is 0 Å². The summed E-state index contributed by atoms with van der Waals surface area (Å²) in [6.45, 7) is 4.21. The van der Waals surface area contributed by atoms with Crippen molar-refractivity contribution in [3.63, 3.8) is 0 Å². The van der Waals surface area contributed by atoms with E-state index in [0.29, 0.717) is 0 Å². The zero-order chi connectivity index (χ0) is 13.4. The molecule has 2 heterocycles. The molecule has 0 fully saturated rings. The second-order valence-corrected chi connectivity index (χ2v) is 5.92. The first-order valence-corrected chi connectivity index (χ1v) is 7.21. The number of hydrogen-bond donors (Lipinski definition) is 1. The first-order chi connectivity index (χ1) is 9.24. The fraction of sp³-hybridized carbons (Fsp3) is 0.188. The summed E-state index contributed by atoms with van der Waals surface area (Å²) in [5.74, 6) is 0. The predicted octanol–water partition coefficient (Wildman–Crippen LogP) is 4.58. The third-order valence-corrected chi connectivity index (χ3v) is 4.46. The van der Waals surface area contributed by atoms with Crippen molar-refractivity contribution in [2.24, 2.45) is 0 Å². The van der Waals surface area contributed by atoms with Crippen LogP contribution in [-0.2, 0) is 6.42 Å². The second-order valence-electron chi connectivity index (χ2n) is 4.64. The SMILES string of the molecule is CCc1cccc2c(C=O)c(-c3ccc(C)s3)[nH]c12. The summed E-state index contributed by atoms with van der Waals surface area (Å²) in [5.41, 5.74) is 4.06. The van der Waals surface area contributed by atoms with Crippen molar-refractivity contribution >= 4 is 28.5 Å². The molecule has 3 aromatic rings. The Morgan fingerprint density at radius 2 is 2.11 bits per heavy atom. The van der Waals surface area contributed by atoms with Crippen LogP contribution < -0.4 is 0 Å². The summed E-state index contributed by atoms with van der Waals surface area (Å²) >= 11 is 1.71. The van der Waals surface area contributed by atoms with Gasteiger partial charge in [0.05, 0.1) is 10.6 Å². The number of thiophene rings is 1. The van der Waals surface area contributed by atoms with Gasteiger partial charge in [-0.25, -0.2) is 0 Å². The van der Waals surface area contributed by atoms with E-state index >= 15 is 0 Å². The molecular weight excluding hydrogens is 254 g/mol. The molecule has 0 aliphatic rings. The van der Waals surface area contributed by atoms with Crippen molar-refractivity contribution in [3.8, 4) is 10.6 Å². The number of carbonyl (C=O) groups excluding carboxylic acids is 1. The van der Waals surface area contributed by atoms with E-state index in [-0.39, 0.29) is 0 Å². The van der Waals surface area contributed by atoms with Gasteiger partial charge in [-0.2, -0.15) is 0 Å². The molecule has 0 spiro atoms. The van der Waals surface area contributed by atoms with Gasteiger partial charge in [0.2, 0.25) is 0 Å². The third kappa shape index (κ3) is 1.90. The van der Waals surface area contributed by atoms with Gasteiger partial charge in [0.15, 0.2) is 6.29 Å². The average Bonchev–Trinajstić information content (AvgIpc) is 3.00. The summed E-state index contributed by atoms with van der Waals surface area (Å²) in [6, 6.07) is 10.3. The first kappa shape index (κ1) is 12.2. The van der Waals surface area contributed by atoms with Gasteiger partial charge >= 0.3 is 0 Å². The number of fused-ring (bicyclic) bond motifs is 1. The van der Waals surface area contributed by atoms with E-state index in [1.165, 1.54) is 10.4 Å². The smallest absolute Gasteiger partial charge is 0.152 e. The maximum absolute atomic E-state index is 11.5. The van der Waals surface area contributed by atoms with Gasteiger partial charge in [-0.1, -0.05) is 25.1 Å². The highest BCUT2D eigenvalue weighted by Crippen LogP contribution is 2.34. The summed E-state index contributed by atoms with van der Waals surface area (Å²) in [5, 5.41) is 1.02. The lowest BCUT2D eigenvalue weighted by Gasteiger charge is -1.97. The van der Waals surface area contributed by atoms with Crippen LogP contribution in [-0.4, -0.2) is 11.3 Å². The number of aryl methyl sites for hydroxylation is 2. The highest BCUT2D eigenvalue weighted by molar-refractivity contribution is 7.15. The van der Waals surface area contributed by atoms with Gasteiger partial charge < -0.3 is 4.98 Å². The fourth-order valence-corrected chi connectivity index (χ4v) is 3.36. The molecule has 2 aromatic heterocycles. The fourth-order valence-electron chi connectivity index (χ4n) is 2.48. The molecule has 0 atom stereocenters. The zero-order valence-electron chi connectivity index (χ0n) is 11.0. The Bertz CT molecular complexity index is 751. The topological polar surface area (TPSA) is 32.9 Å². The van der Waals surface area contributed by atoms with E-state index in [0.717, 1.165) is 39.7 Å². The number of aromatic amines is 1. The van der Waals surface area contributed by atoms with Crippen LogP contribution in [0, 0.1) is 6.92 Å². The molecule has 19 heavy (non-hydrogen) atoms. The number of hydrogen-bond acceptors (Lipinski definition) is 2. The predicted molar refractivity (Wildman–Crippen MR) is 81.1 cm³/mol. The molecule has 0 aliphatic carbocycles. The Kier molecular flexibility index (Phi) is 2.99. The number of para-hydroxylation sites is 1. The summed E-state index contributed by atoms with van der Waals surface area (Å²) in [4.78, 5) is 17.3. The Morgan fingerprint density at radius 1 is 1.26 bits per heavy atom. The molecule has 0 bridgehead atoms. The molecule has 3 rings (SSSR count). The lowest BCUT2D eigenvalue weighted by atomic mass is 10.1. The molecule has 1 N–H and O–H groups in total. The normalized spacial score (nSPS) is 11.1. The summed E-state index contributed by atoms with van der Waals surface area (Å²) < 4.78 is 0. The van der Waals surface area contributed by atoms with Crippen LogP contribution in [0.1, 0.15) is 27.7 Å². The highest BCUT2D eigenvalue weighted by atomic mass is 32.1. The van der Waals surface area contributed by atoms with Crippen LogP contribution in [0.5, 0.6) is 0 Å². The van der Waals surface area contributed by atoms with Crippen molar-refractivity contribution < 1.29 is 4.79 Å². The number of carbonyl (C=O) groups is 1. The molecule has 0 aliphatic heterocycles. The third-order valence-electron chi connectivity index (χ3n) is 3.45. The van der Waals surface area contributed by atoms with Crippen LogP contribution in [0.3, 0.4) is 0 Å². The number of aromatic nitrogens is 1. The quantitative estimate of drug-likeness (QED) is 0.694. The molecule has 0 saturated heterocycles. The van der Waals surface area contributed by atoms with Crippen LogP contribution in [0.25, 0.3) is 21.5 Å². The van der Waals surface area contributed by atoms with Gasteiger partial charge in [-0.15, -0.1) is 11.3 Å². The number of aldehydes is 1. The monoisotopic (exact) mass is 269 g/mol. The van der Waals surface area contributed by atoms with E-state index < -0.39 is 0 Å². The van der Waals surface area contributed by atoms with E-state index in [1.54, 1.807) is 11.3 Å². The van der Waals surface area contributed by atoms with E-state index in [4.69, 9.17) is 0 Å². The molecule has 0 radical (unpaired) electrons. The second kappa shape index (κ2) is 4.67. The molecule has 0 unspecified atom stereocenters. The maximum Gasteiger partial charge on any atom is 0.152 e. The lowest BCUT2D eigenvalue weighted by Crippen LogP contribution is -1.82. The first-order valence-electron chi connectivity index (χ1n) is 6.40. The van der Waals surface area contributed by atoms with Gasteiger partial charge in [-0.3, -0.25) is 4.79 Å². The number of benzene rings is 1. The van der Waals surface area contributed by atoms with Crippen molar-refractivity contribution in [2.75, 3.05) is 0 Å². The number of nitrogens with one attached hydrogen (secondary N) is 1. The molecule has 3 heteroatoms. The van der Waals surface area contributed by atoms with Gasteiger partial charge in [-0.05, 0) is 31.0 Å². The van der Waals surface area contributed by atoms with Gasteiger partial charge in [0.1, 0.15) is 0 Å². The van der Waals surface area contributed by atoms with E-state index in [9.17, 15) is 4.79 Å². The minimum atomic E-state index is 0.771. The van der Waals surface area contributed by atoms with Gasteiger partial charge in [0, 0.05) is 21.3 Å². The largest absolute Gasteiger partial charge is 0.353 e. The molecule has 0 saturated carbocycles. The van der Waals surface area contributed by atoms with E-state index in [1.807, 2.05) is 12.1 Å². The standard InChI is InChI=1S/C16H15NOS/c1-3-11-5-4-6-12-13(9-18)16(17-15(11)12)14-8-7-10(2)19-14/h4-9,17H,3H2,1-2H3. The summed E-state index contributed by atoms with van der Waals surface area (Å²) in [7, 11) is 0. The molecule has 0 amide bonds. The molecular formula is C16H15NOS. The summed E-state index contributed by atoms with van der Waals surface area (Å²) in [6.07, 6.45) is 1.92. The minimum Gasteiger partial charge on any atom is -0.353 e. The van der Waals surface area contributed by atoms with Crippen LogP contribution >= 0.6 is 11.3 Å². The average molecular weight is 269 g/mol. The Labute approximate surface area is 116 Å².